The van der Waals surface area contributed by atoms with Crippen molar-refractivity contribution in [2.45, 2.75) is 51.8 Å². The van der Waals surface area contributed by atoms with E-state index in [2.05, 4.69) is 49.5 Å². The van der Waals surface area contributed by atoms with Gasteiger partial charge in [0.15, 0.2) is 0 Å². The fourth-order valence-corrected chi connectivity index (χ4v) is 2.93. The molecule has 98 valence electrons. The second kappa shape index (κ2) is 6.45. The van der Waals surface area contributed by atoms with Crippen molar-refractivity contribution >= 4 is 11.8 Å². The highest BCUT2D eigenvalue weighted by molar-refractivity contribution is 8.00. The molecule has 0 aliphatic heterocycles. The van der Waals surface area contributed by atoms with Crippen LogP contribution >= 0.6 is 11.8 Å². The van der Waals surface area contributed by atoms with Crippen LogP contribution in [0.4, 0.5) is 0 Å². The maximum atomic E-state index is 4.22. The molecule has 0 fully saturated rings. The number of aromatic amines is 1. The molecule has 0 aliphatic rings. The molecule has 3 nitrogen and oxygen atoms in total. The largest absolute Gasteiger partial charge is 0.311 e. The molecular weight excluding hydrogens is 230 g/mol. The minimum absolute atomic E-state index is 0.381. The van der Waals surface area contributed by atoms with E-state index in [1.807, 2.05) is 11.8 Å². The molecule has 1 aromatic rings. The molecule has 1 heterocycles. The lowest BCUT2D eigenvalue weighted by molar-refractivity contribution is 0.494. The summed E-state index contributed by atoms with van der Waals surface area (Å²) < 4.78 is 0.381. The Bertz CT molecular complexity index is 315. The van der Waals surface area contributed by atoms with E-state index < -0.39 is 0 Å². The Hall–Kier alpha value is -0.480. The van der Waals surface area contributed by atoms with E-state index >= 15 is 0 Å². The summed E-state index contributed by atoms with van der Waals surface area (Å²) in [6.45, 7) is 10.7. The number of aryl methyl sites for hydroxylation is 2. The molecule has 17 heavy (non-hydrogen) atoms. The lowest BCUT2D eigenvalue weighted by Crippen LogP contribution is -2.36. The molecule has 2 N–H and O–H groups in total. The van der Waals surface area contributed by atoms with Crippen molar-refractivity contribution in [1.29, 1.82) is 0 Å². The van der Waals surface area contributed by atoms with Crippen molar-refractivity contribution in [3.05, 3.63) is 17.0 Å². The highest BCUT2D eigenvalue weighted by Crippen LogP contribution is 2.29. The average molecular weight is 255 g/mol. The zero-order chi connectivity index (χ0) is 12.9. The molecule has 0 radical (unpaired) electrons. The monoisotopic (exact) mass is 255 g/mol. The molecule has 4 heteroatoms. The number of hydrogen-bond acceptors (Lipinski definition) is 3. The lowest BCUT2D eigenvalue weighted by Gasteiger charge is -2.30. The maximum Gasteiger partial charge on any atom is 0.0638 e. The van der Waals surface area contributed by atoms with E-state index in [4.69, 9.17) is 0 Å². The van der Waals surface area contributed by atoms with Gasteiger partial charge in [-0.05, 0) is 32.9 Å². The zero-order valence-electron chi connectivity index (χ0n) is 11.7. The number of thioether (sulfide) groups is 1. The normalized spacial score (nSPS) is 12.1. The number of H-pyrrole nitrogens is 1. The van der Waals surface area contributed by atoms with Crippen LogP contribution in [0.3, 0.4) is 0 Å². The molecule has 0 aromatic carbocycles. The summed E-state index contributed by atoms with van der Waals surface area (Å²) in [7, 11) is 0. The number of hydrogen-bond donors (Lipinski definition) is 2. The Morgan fingerprint density at radius 3 is 2.35 bits per heavy atom. The van der Waals surface area contributed by atoms with E-state index in [-0.39, 0.29) is 0 Å². The minimum atomic E-state index is 0.381. The van der Waals surface area contributed by atoms with Gasteiger partial charge in [0, 0.05) is 29.1 Å². The van der Waals surface area contributed by atoms with E-state index in [9.17, 15) is 0 Å². The highest BCUT2D eigenvalue weighted by atomic mass is 32.2. The van der Waals surface area contributed by atoms with Gasteiger partial charge in [0.25, 0.3) is 0 Å². The third-order valence-electron chi connectivity index (χ3n) is 3.75. The van der Waals surface area contributed by atoms with Crippen LogP contribution in [-0.4, -0.2) is 27.7 Å². The highest BCUT2D eigenvalue weighted by Gasteiger charge is 2.24. The van der Waals surface area contributed by atoms with Crippen molar-refractivity contribution in [2.24, 2.45) is 0 Å². The summed E-state index contributed by atoms with van der Waals surface area (Å²) in [5.41, 5.74) is 3.60. The van der Waals surface area contributed by atoms with E-state index in [1.165, 1.54) is 24.1 Å². The summed E-state index contributed by atoms with van der Waals surface area (Å²) >= 11 is 1.98. The van der Waals surface area contributed by atoms with Gasteiger partial charge in [-0.15, -0.1) is 0 Å². The van der Waals surface area contributed by atoms with Gasteiger partial charge >= 0.3 is 0 Å². The second-order valence-corrected chi connectivity index (χ2v) is 5.88. The summed E-state index contributed by atoms with van der Waals surface area (Å²) in [5, 5.41) is 10.8. The van der Waals surface area contributed by atoms with E-state index in [1.54, 1.807) is 0 Å². The summed E-state index contributed by atoms with van der Waals surface area (Å²) in [6, 6.07) is 0. The smallest absolute Gasteiger partial charge is 0.0638 e. The summed E-state index contributed by atoms with van der Waals surface area (Å²) in [6.07, 6.45) is 4.63. The fraction of sp³-hybridized carbons (Fsp3) is 0.769. The van der Waals surface area contributed by atoms with Crippen LogP contribution in [-0.2, 0) is 6.54 Å². The van der Waals surface area contributed by atoms with Crippen molar-refractivity contribution in [2.75, 3.05) is 12.8 Å². The molecule has 0 saturated carbocycles. The fourth-order valence-electron chi connectivity index (χ4n) is 2.11. The van der Waals surface area contributed by atoms with Gasteiger partial charge in [0.05, 0.1) is 5.69 Å². The van der Waals surface area contributed by atoms with Crippen LogP contribution in [0.5, 0.6) is 0 Å². The molecule has 0 bridgehead atoms. The second-order valence-electron chi connectivity index (χ2n) is 4.61. The third-order valence-corrected chi connectivity index (χ3v) is 5.34. The van der Waals surface area contributed by atoms with Gasteiger partial charge in [-0.25, -0.2) is 0 Å². The quantitative estimate of drug-likeness (QED) is 0.787. The third kappa shape index (κ3) is 3.49. The average Bonchev–Trinajstić information content (AvgIpc) is 2.66. The van der Waals surface area contributed by atoms with Gasteiger partial charge in [-0.1, -0.05) is 13.8 Å². The first-order valence-corrected chi connectivity index (χ1v) is 7.57. The van der Waals surface area contributed by atoms with E-state index in [0.717, 1.165) is 18.8 Å². The standard InChI is InChI=1S/C13H25N3S/c1-6-13(7-2,17-5)9-14-8-12-10(3)15-16-11(12)4/h14H,6-9H2,1-5H3,(H,15,16). The Morgan fingerprint density at radius 2 is 1.94 bits per heavy atom. The molecule has 0 spiro atoms. The number of aromatic nitrogens is 2. The molecule has 0 aliphatic carbocycles. The first-order valence-electron chi connectivity index (χ1n) is 6.35. The number of nitrogens with one attached hydrogen (secondary N) is 2. The first kappa shape index (κ1) is 14.6. The van der Waals surface area contributed by atoms with Crippen LogP contribution in [0.1, 0.15) is 43.6 Å². The molecule has 0 atom stereocenters. The van der Waals surface area contributed by atoms with Crippen LogP contribution in [0, 0.1) is 13.8 Å². The van der Waals surface area contributed by atoms with Crippen LogP contribution in [0.25, 0.3) is 0 Å². The zero-order valence-corrected chi connectivity index (χ0v) is 12.5. The molecule has 0 amide bonds. The molecule has 1 rings (SSSR count). The summed E-state index contributed by atoms with van der Waals surface area (Å²) in [5.74, 6) is 0. The maximum absolute atomic E-state index is 4.22. The first-order chi connectivity index (χ1) is 8.08. The van der Waals surface area contributed by atoms with Gasteiger partial charge < -0.3 is 5.32 Å². The van der Waals surface area contributed by atoms with Crippen molar-refractivity contribution in [1.82, 2.24) is 15.5 Å². The lowest BCUT2D eigenvalue weighted by atomic mass is 10.0. The molecule has 0 unspecified atom stereocenters. The van der Waals surface area contributed by atoms with Gasteiger partial charge in [0.2, 0.25) is 0 Å². The predicted octanol–water partition coefficient (Wildman–Crippen LogP) is 3.04. The van der Waals surface area contributed by atoms with Crippen molar-refractivity contribution in [3.63, 3.8) is 0 Å². The number of rotatable bonds is 7. The van der Waals surface area contributed by atoms with Crippen LogP contribution < -0.4 is 5.32 Å². The SMILES string of the molecule is CCC(CC)(CNCc1c(C)n[nH]c1C)SC. The Labute approximate surface area is 109 Å². The number of nitrogens with zero attached hydrogens (tertiary/aromatic N) is 1. The summed E-state index contributed by atoms with van der Waals surface area (Å²) in [4.78, 5) is 0. The molecule has 0 saturated heterocycles. The van der Waals surface area contributed by atoms with Gasteiger partial charge in [-0.2, -0.15) is 16.9 Å². The van der Waals surface area contributed by atoms with Crippen molar-refractivity contribution < 1.29 is 0 Å². The van der Waals surface area contributed by atoms with Gasteiger partial charge in [0.1, 0.15) is 0 Å². The van der Waals surface area contributed by atoms with E-state index in [0.29, 0.717) is 4.75 Å². The molecule has 1 aromatic heterocycles. The van der Waals surface area contributed by atoms with Crippen LogP contribution in [0.15, 0.2) is 0 Å². The Morgan fingerprint density at radius 1 is 1.29 bits per heavy atom. The Balaban J connectivity index is 2.52. The topological polar surface area (TPSA) is 40.7 Å². The molecular formula is C13H25N3S. The van der Waals surface area contributed by atoms with Crippen LogP contribution in [0.2, 0.25) is 0 Å². The Kier molecular flexibility index (Phi) is 5.53. The van der Waals surface area contributed by atoms with Gasteiger partial charge in [-0.3, -0.25) is 5.10 Å². The minimum Gasteiger partial charge on any atom is -0.311 e. The van der Waals surface area contributed by atoms with Crippen molar-refractivity contribution in [3.8, 4) is 0 Å². The predicted molar refractivity (Wildman–Crippen MR) is 76.6 cm³/mol.